The molecule has 0 radical (unpaired) electrons. The van der Waals surface area contributed by atoms with Gasteiger partial charge >= 0.3 is 6.09 Å². The maximum Gasteiger partial charge on any atom is 0.407 e. The van der Waals surface area contributed by atoms with Crippen molar-refractivity contribution in [2.75, 3.05) is 19.8 Å². The van der Waals surface area contributed by atoms with Crippen LogP contribution in [0.3, 0.4) is 0 Å². The maximum atomic E-state index is 10.9. The lowest BCUT2D eigenvalue weighted by Gasteiger charge is -2.26. The Kier molecular flexibility index (Phi) is 2.05. The Morgan fingerprint density at radius 2 is 2.23 bits per heavy atom. The van der Waals surface area contributed by atoms with Crippen LogP contribution >= 0.6 is 0 Å². The lowest BCUT2D eigenvalue weighted by atomic mass is 10.1. The van der Waals surface area contributed by atoms with Gasteiger partial charge in [-0.1, -0.05) is 0 Å². The maximum absolute atomic E-state index is 10.9. The topological polar surface area (TPSA) is 76.7 Å². The van der Waals surface area contributed by atoms with E-state index in [2.05, 4.69) is 10.6 Å². The molecule has 0 bridgehead atoms. The highest BCUT2D eigenvalue weighted by Crippen LogP contribution is 2.08. The Hall–Kier alpha value is -1.30. The SMILES string of the molecule is O=C1COCC(C2CNC(=O)O2)N1. The first-order valence-corrected chi connectivity index (χ1v) is 4.07. The van der Waals surface area contributed by atoms with Crippen LogP contribution in [0.5, 0.6) is 0 Å². The van der Waals surface area contributed by atoms with Crippen molar-refractivity contribution in [2.45, 2.75) is 12.1 Å². The van der Waals surface area contributed by atoms with Gasteiger partial charge in [-0.25, -0.2) is 4.79 Å². The molecule has 0 aromatic carbocycles. The second-order valence-electron chi connectivity index (χ2n) is 3.01. The minimum Gasteiger partial charge on any atom is -0.442 e. The van der Waals surface area contributed by atoms with Crippen LogP contribution < -0.4 is 10.6 Å². The zero-order valence-corrected chi connectivity index (χ0v) is 6.91. The van der Waals surface area contributed by atoms with Gasteiger partial charge in [-0.05, 0) is 0 Å². The number of nitrogens with one attached hydrogen (secondary N) is 2. The summed E-state index contributed by atoms with van der Waals surface area (Å²) in [5.41, 5.74) is 0. The number of alkyl carbamates (subject to hydrolysis) is 1. The fraction of sp³-hybridized carbons (Fsp3) is 0.714. The number of ether oxygens (including phenoxy) is 2. The van der Waals surface area contributed by atoms with Gasteiger partial charge in [0.25, 0.3) is 0 Å². The molecule has 2 fully saturated rings. The Bertz CT molecular complexity index is 243. The van der Waals surface area contributed by atoms with Gasteiger partial charge in [-0.2, -0.15) is 0 Å². The average molecular weight is 186 g/mol. The van der Waals surface area contributed by atoms with Crippen molar-refractivity contribution in [1.82, 2.24) is 10.6 Å². The molecule has 2 aliphatic heterocycles. The van der Waals surface area contributed by atoms with E-state index >= 15 is 0 Å². The van der Waals surface area contributed by atoms with Gasteiger partial charge < -0.3 is 20.1 Å². The Morgan fingerprint density at radius 3 is 2.85 bits per heavy atom. The van der Waals surface area contributed by atoms with Crippen molar-refractivity contribution in [2.24, 2.45) is 0 Å². The number of hydrogen-bond acceptors (Lipinski definition) is 4. The Balaban J connectivity index is 1.92. The fourth-order valence-electron chi connectivity index (χ4n) is 1.40. The second kappa shape index (κ2) is 3.21. The van der Waals surface area contributed by atoms with Crippen molar-refractivity contribution in [3.05, 3.63) is 0 Å². The van der Waals surface area contributed by atoms with Crippen molar-refractivity contribution < 1.29 is 19.1 Å². The molecule has 13 heavy (non-hydrogen) atoms. The van der Waals surface area contributed by atoms with E-state index in [9.17, 15) is 9.59 Å². The van der Waals surface area contributed by atoms with E-state index < -0.39 is 6.09 Å². The molecule has 0 aromatic rings. The summed E-state index contributed by atoms with van der Waals surface area (Å²) in [7, 11) is 0. The lowest BCUT2D eigenvalue weighted by molar-refractivity contribution is -0.133. The highest BCUT2D eigenvalue weighted by Gasteiger charge is 2.33. The minimum atomic E-state index is -0.440. The van der Waals surface area contributed by atoms with E-state index in [1.54, 1.807) is 0 Å². The average Bonchev–Trinajstić information content (AvgIpc) is 2.52. The molecule has 0 spiro atoms. The number of amides is 2. The number of cyclic esters (lactones) is 1. The third-order valence-electron chi connectivity index (χ3n) is 2.03. The molecule has 72 valence electrons. The molecular weight excluding hydrogens is 176 g/mol. The van der Waals surface area contributed by atoms with Crippen molar-refractivity contribution >= 4 is 12.0 Å². The summed E-state index contributed by atoms with van der Waals surface area (Å²) in [6.07, 6.45) is -0.749. The summed E-state index contributed by atoms with van der Waals surface area (Å²) in [5, 5.41) is 5.21. The number of rotatable bonds is 1. The van der Waals surface area contributed by atoms with Gasteiger partial charge in [-0.15, -0.1) is 0 Å². The zero-order chi connectivity index (χ0) is 9.26. The molecule has 2 aliphatic rings. The molecule has 0 saturated carbocycles. The number of hydrogen-bond donors (Lipinski definition) is 2. The third-order valence-corrected chi connectivity index (χ3v) is 2.03. The van der Waals surface area contributed by atoms with Crippen molar-refractivity contribution in [3.63, 3.8) is 0 Å². The van der Waals surface area contributed by atoms with Crippen LogP contribution in [0.15, 0.2) is 0 Å². The molecule has 2 heterocycles. The minimum absolute atomic E-state index is 0.0879. The van der Waals surface area contributed by atoms with E-state index in [-0.39, 0.29) is 24.7 Å². The zero-order valence-electron chi connectivity index (χ0n) is 6.91. The highest BCUT2D eigenvalue weighted by molar-refractivity contribution is 5.78. The van der Waals surface area contributed by atoms with Crippen LogP contribution in [0.2, 0.25) is 0 Å². The van der Waals surface area contributed by atoms with E-state index in [0.29, 0.717) is 13.2 Å². The number of carbonyl (C=O) groups is 2. The van der Waals surface area contributed by atoms with Gasteiger partial charge in [0.05, 0.1) is 19.2 Å². The predicted molar refractivity (Wildman–Crippen MR) is 41.0 cm³/mol. The molecule has 2 amide bonds. The van der Waals surface area contributed by atoms with Gasteiger partial charge in [0, 0.05) is 0 Å². The number of morpholine rings is 1. The first-order chi connectivity index (χ1) is 6.25. The first-order valence-electron chi connectivity index (χ1n) is 4.07. The predicted octanol–water partition coefficient (Wildman–Crippen LogP) is -1.39. The molecule has 0 aliphatic carbocycles. The van der Waals surface area contributed by atoms with Gasteiger partial charge in [-0.3, -0.25) is 4.79 Å². The summed E-state index contributed by atoms with van der Waals surface area (Å²) in [6.45, 7) is 0.906. The van der Waals surface area contributed by atoms with Crippen LogP contribution in [0.4, 0.5) is 4.79 Å². The van der Waals surface area contributed by atoms with Crippen LogP contribution in [-0.2, 0) is 14.3 Å². The van der Waals surface area contributed by atoms with E-state index in [4.69, 9.17) is 9.47 Å². The molecule has 2 rings (SSSR count). The summed E-state index contributed by atoms with van der Waals surface area (Å²) >= 11 is 0. The monoisotopic (exact) mass is 186 g/mol. The molecule has 6 heteroatoms. The Labute approximate surface area is 74.6 Å². The van der Waals surface area contributed by atoms with Crippen molar-refractivity contribution in [1.29, 1.82) is 0 Å². The molecule has 0 aromatic heterocycles. The molecular formula is C7H10N2O4. The standard InChI is InChI=1S/C7H10N2O4/c10-6-3-12-2-4(9-6)5-1-8-7(11)13-5/h4-5H,1-3H2,(H,8,11)(H,9,10). The summed E-state index contributed by atoms with van der Waals surface area (Å²) in [5.74, 6) is -0.167. The smallest absolute Gasteiger partial charge is 0.407 e. The van der Waals surface area contributed by atoms with Crippen LogP contribution in [0.1, 0.15) is 0 Å². The van der Waals surface area contributed by atoms with Crippen LogP contribution in [0, 0.1) is 0 Å². The normalized spacial score (nSPS) is 33.5. The summed E-state index contributed by atoms with van der Waals surface area (Å²) in [4.78, 5) is 21.6. The van der Waals surface area contributed by atoms with Crippen LogP contribution in [0.25, 0.3) is 0 Å². The third kappa shape index (κ3) is 1.72. The quantitative estimate of drug-likeness (QED) is 0.528. The molecule has 2 saturated heterocycles. The molecule has 2 N–H and O–H groups in total. The largest absolute Gasteiger partial charge is 0.442 e. The molecule has 2 unspecified atom stereocenters. The fourth-order valence-corrected chi connectivity index (χ4v) is 1.40. The first kappa shape index (κ1) is 8.31. The van der Waals surface area contributed by atoms with E-state index in [1.165, 1.54) is 0 Å². The number of carbonyl (C=O) groups excluding carboxylic acids is 2. The second-order valence-corrected chi connectivity index (χ2v) is 3.01. The highest BCUT2D eigenvalue weighted by atomic mass is 16.6. The van der Waals surface area contributed by atoms with Crippen molar-refractivity contribution in [3.8, 4) is 0 Å². The van der Waals surface area contributed by atoms with E-state index in [1.807, 2.05) is 0 Å². The van der Waals surface area contributed by atoms with Gasteiger partial charge in [0.2, 0.25) is 5.91 Å². The summed E-state index contributed by atoms with van der Waals surface area (Å²) < 4.78 is 9.92. The Morgan fingerprint density at radius 1 is 1.38 bits per heavy atom. The van der Waals surface area contributed by atoms with Gasteiger partial charge in [0.15, 0.2) is 0 Å². The molecule has 2 atom stereocenters. The van der Waals surface area contributed by atoms with Crippen LogP contribution in [-0.4, -0.2) is 43.9 Å². The van der Waals surface area contributed by atoms with Gasteiger partial charge in [0.1, 0.15) is 12.7 Å². The van der Waals surface area contributed by atoms with E-state index in [0.717, 1.165) is 0 Å². The molecule has 6 nitrogen and oxygen atoms in total. The summed E-state index contributed by atoms with van der Waals surface area (Å²) in [6, 6.07) is -0.222. The lowest BCUT2D eigenvalue weighted by Crippen LogP contribution is -2.52.